The van der Waals surface area contributed by atoms with E-state index >= 15 is 0 Å². The van der Waals surface area contributed by atoms with Gasteiger partial charge in [0.05, 0.1) is 22.4 Å². The molecule has 0 aliphatic carbocycles. The van der Waals surface area contributed by atoms with Gasteiger partial charge < -0.3 is 14.5 Å². The van der Waals surface area contributed by atoms with E-state index in [1.54, 1.807) is 0 Å². The summed E-state index contributed by atoms with van der Waals surface area (Å²) in [5.41, 5.74) is 16.0. The van der Waals surface area contributed by atoms with Crippen molar-refractivity contribution in [3.05, 3.63) is 240 Å². The molecule has 0 spiro atoms. The van der Waals surface area contributed by atoms with Gasteiger partial charge in [0.25, 0.3) is 0 Å². The van der Waals surface area contributed by atoms with Gasteiger partial charge in [-0.25, -0.2) is 4.98 Å². The van der Waals surface area contributed by atoms with Crippen molar-refractivity contribution < 1.29 is 4.74 Å². The van der Waals surface area contributed by atoms with Crippen LogP contribution in [0.3, 0.4) is 0 Å². The molecule has 1 aliphatic rings. The standard InChI is InChI=1S/C68H66N4O/c1-65(2,3)50-35-36-69-64(42-50)72-60-33-29-47(46-21-14-11-15-22-46)37-59(60)58-32-31-56(44-62(58)72)73-57-40-53(66(4,5)6)39-55(43-57)71-45-70(54-28-20-27-51(38-54)67(7,8)48-23-16-12-17-24-48)61-34-30-52(41-63(61)71)68(9,10)49-25-18-13-19-26-49/h11-44H,45H2,1-10H3. The Hall–Kier alpha value is -7.89. The first-order valence-corrected chi connectivity index (χ1v) is 25.8. The van der Waals surface area contributed by atoms with Gasteiger partial charge in [-0.05, 0) is 128 Å². The highest BCUT2D eigenvalue weighted by atomic mass is 16.5. The molecule has 0 fully saturated rings. The van der Waals surface area contributed by atoms with Gasteiger partial charge >= 0.3 is 0 Å². The fourth-order valence-electron chi connectivity index (χ4n) is 10.7. The topological polar surface area (TPSA) is 33.5 Å². The van der Waals surface area contributed by atoms with E-state index in [2.05, 4.69) is 284 Å². The summed E-state index contributed by atoms with van der Waals surface area (Å²) in [6, 6.07) is 73.0. The Balaban J connectivity index is 1.04. The molecule has 5 heteroatoms. The average molecular weight is 955 g/mol. The molecule has 364 valence electrons. The van der Waals surface area contributed by atoms with E-state index in [-0.39, 0.29) is 21.7 Å². The molecular weight excluding hydrogens is 889 g/mol. The van der Waals surface area contributed by atoms with Crippen molar-refractivity contribution in [2.75, 3.05) is 16.5 Å². The SMILES string of the molecule is CC(C)(C)c1cc(Oc2ccc3c4cc(-c5ccccc5)ccc4n(-c4cc(C(C)(C)C)ccn4)c3c2)cc(N2CN(c3cccc(C(C)(C)c4ccccc4)c3)c3ccc(C(C)(C)c4ccccc4)cc32)c1. The molecule has 0 bridgehead atoms. The third-order valence-electron chi connectivity index (χ3n) is 15.4. The van der Waals surface area contributed by atoms with Crippen LogP contribution in [0, 0.1) is 0 Å². The van der Waals surface area contributed by atoms with Crippen molar-refractivity contribution in [1.29, 1.82) is 0 Å². The minimum atomic E-state index is -0.232. The van der Waals surface area contributed by atoms with E-state index in [9.17, 15) is 0 Å². The zero-order chi connectivity index (χ0) is 50.9. The van der Waals surface area contributed by atoms with Crippen LogP contribution in [0.25, 0.3) is 38.8 Å². The van der Waals surface area contributed by atoms with Crippen molar-refractivity contribution in [3.8, 4) is 28.4 Å². The molecule has 8 aromatic carbocycles. The van der Waals surface area contributed by atoms with E-state index in [4.69, 9.17) is 9.72 Å². The molecule has 0 saturated heterocycles. The first kappa shape index (κ1) is 47.4. The van der Waals surface area contributed by atoms with Crippen LogP contribution in [-0.4, -0.2) is 16.2 Å². The number of benzene rings is 8. The molecule has 73 heavy (non-hydrogen) atoms. The largest absolute Gasteiger partial charge is 0.457 e. The number of nitrogens with zero attached hydrogens (tertiary/aromatic N) is 4. The summed E-state index contributed by atoms with van der Waals surface area (Å²) in [5, 5.41) is 2.32. The second-order valence-corrected chi connectivity index (χ2v) is 23.1. The first-order valence-electron chi connectivity index (χ1n) is 25.8. The van der Waals surface area contributed by atoms with E-state index in [0.717, 1.165) is 50.8 Å². The van der Waals surface area contributed by atoms with Crippen molar-refractivity contribution in [3.63, 3.8) is 0 Å². The van der Waals surface area contributed by atoms with Gasteiger partial charge in [0.15, 0.2) is 0 Å². The summed E-state index contributed by atoms with van der Waals surface area (Å²) in [5.74, 6) is 2.43. The zero-order valence-electron chi connectivity index (χ0n) is 44.0. The van der Waals surface area contributed by atoms with Gasteiger partial charge in [-0.1, -0.05) is 184 Å². The van der Waals surface area contributed by atoms with Gasteiger partial charge in [-0.3, -0.25) is 4.57 Å². The number of fused-ring (bicyclic) bond motifs is 4. The van der Waals surface area contributed by atoms with Crippen LogP contribution in [0.5, 0.6) is 11.5 Å². The predicted molar refractivity (Wildman–Crippen MR) is 307 cm³/mol. The third kappa shape index (κ3) is 8.86. The normalized spacial score (nSPS) is 13.2. The average Bonchev–Trinajstić information content (AvgIpc) is 3.94. The van der Waals surface area contributed by atoms with Crippen molar-refractivity contribution in [2.45, 2.75) is 90.9 Å². The number of anilines is 4. The molecule has 0 saturated carbocycles. The third-order valence-corrected chi connectivity index (χ3v) is 15.4. The summed E-state index contributed by atoms with van der Waals surface area (Å²) >= 11 is 0. The molecule has 0 atom stereocenters. The van der Waals surface area contributed by atoms with Crippen LogP contribution in [0.15, 0.2) is 206 Å². The lowest BCUT2D eigenvalue weighted by Crippen LogP contribution is -2.25. The number of hydrogen-bond acceptors (Lipinski definition) is 4. The van der Waals surface area contributed by atoms with Crippen LogP contribution in [0.1, 0.15) is 103 Å². The highest BCUT2D eigenvalue weighted by Crippen LogP contribution is 2.49. The lowest BCUT2D eigenvalue weighted by atomic mass is 9.78. The molecule has 0 unspecified atom stereocenters. The number of aromatic nitrogens is 2. The highest BCUT2D eigenvalue weighted by Gasteiger charge is 2.34. The van der Waals surface area contributed by atoms with Crippen LogP contribution in [0.4, 0.5) is 22.7 Å². The molecule has 0 amide bonds. The Morgan fingerprint density at radius 1 is 0.384 bits per heavy atom. The fraction of sp³-hybridized carbons (Fsp3) is 0.221. The maximum Gasteiger partial charge on any atom is 0.137 e. The molecule has 3 heterocycles. The molecule has 0 radical (unpaired) electrons. The van der Waals surface area contributed by atoms with Gasteiger partial charge in [-0.2, -0.15) is 0 Å². The summed E-state index contributed by atoms with van der Waals surface area (Å²) < 4.78 is 9.44. The lowest BCUT2D eigenvalue weighted by molar-refractivity contribution is 0.479. The van der Waals surface area contributed by atoms with Crippen LogP contribution in [0.2, 0.25) is 0 Å². The van der Waals surface area contributed by atoms with E-state index in [0.29, 0.717) is 6.67 Å². The molecule has 0 N–H and O–H groups in total. The summed E-state index contributed by atoms with van der Waals surface area (Å²) in [6.07, 6.45) is 1.94. The van der Waals surface area contributed by atoms with Crippen LogP contribution in [-0.2, 0) is 21.7 Å². The number of pyridine rings is 1. The van der Waals surface area contributed by atoms with Crippen LogP contribution >= 0.6 is 0 Å². The smallest absolute Gasteiger partial charge is 0.137 e. The molecule has 10 aromatic rings. The zero-order valence-corrected chi connectivity index (χ0v) is 44.0. The monoisotopic (exact) mass is 955 g/mol. The second kappa shape index (κ2) is 18.0. The minimum absolute atomic E-state index is 0.0448. The molecule has 11 rings (SSSR count). The predicted octanol–water partition coefficient (Wildman–Crippen LogP) is 18.1. The van der Waals surface area contributed by atoms with E-state index in [1.165, 1.54) is 55.6 Å². The Bertz CT molecular complexity index is 3650. The minimum Gasteiger partial charge on any atom is -0.457 e. The molecule has 1 aliphatic heterocycles. The fourth-order valence-corrected chi connectivity index (χ4v) is 10.7. The summed E-state index contributed by atoms with van der Waals surface area (Å²) in [4.78, 5) is 9.97. The lowest BCUT2D eigenvalue weighted by Gasteiger charge is -2.29. The Morgan fingerprint density at radius 2 is 1.00 bits per heavy atom. The molecule has 5 nitrogen and oxygen atoms in total. The van der Waals surface area contributed by atoms with Gasteiger partial charge in [0.2, 0.25) is 0 Å². The van der Waals surface area contributed by atoms with Crippen molar-refractivity contribution >= 4 is 44.6 Å². The van der Waals surface area contributed by atoms with Gasteiger partial charge in [-0.15, -0.1) is 0 Å². The summed E-state index contributed by atoms with van der Waals surface area (Å²) in [7, 11) is 0. The van der Waals surface area contributed by atoms with Crippen molar-refractivity contribution in [1.82, 2.24) is 9.55 Å². The maximum atomic E-state index is 7.14. The maximum absolute atomic E-state index is 7.14. The first-order chi connectivity index (χ1) is 34.9. The van der Waals surface area contributed by atoms with Crippen LogP contribution < -0.4 is 14.5 Å². The van der Waals surface area contributed by atoms with Crippen molar-refractivity contribution in [2.24, 2.45) is 0 Å². The Morgan fingerprint density at radius 3 is 1.67 bits per heavy atom. The van der Waals surface area contributed by atoms with Gasteiger partial charge in [0, 0.05) is 51.3 Å². The quantitative estimate of drug-likeness (QED) is 0.137. The Kier molecular flexibility index (Phi) is 11.7. The van der Waals surface area contributed by atoms with E-state index in [1.807, 2.05) is 6.20 Å². The number of ether oxygens (including phenoxy) is 1. The highest BCUT2D eigenvalue weighted by molar-refractivity contribution is 6.10. The Labute approximate surface area is 432 Å². The van der Waals surface area contributed by atoms with E-state index < -0.39 is 0 Å². The second-order valence-electron chi connectivity index (χ2n) is 23.1. The molecular formula is C68H66N4O. The number of hydrogen-bond donors (Lipinski definition) is 0. The summed E-state index contributed by atoms with van der Waals surface area (Å²) in [6.45, 7) is 23.6. The van der Waals surface area contributed by atoms with Gasteiger partial charge in [0.1, 0.15) is 24.0 Å². The molecule has 2 aromatic heterocycles. The number of rotatable bonds is 10.